The average molecular weight is 228 g/mol. The van der Waals surface area contributed by atoms with Crippen molar-refractivity contribution in [2.75, 3.05) is 0 Å². The Labute approximate surface area is 93.7 Å². The van der Waals surface area contributed by atoms with Gasteiger partial charge in [0, 0.05) is 17.7 Å². The van der Waals surface area contributed by atoms with Crippen molar-refractivity contribution in [3.63, 3.8) is 0 Å². The third kappa shape index (κ3) is 5.79. The number of nitrogens with one attached hydrogen (secondary N) is 2. The van der Waals surface area contributed by atoms with Crippen molar-refractivity contribution in [3.05, 3.63) is 11.6 Å². The van der Waals surface area contributed by atoms with E-state index >= 15 is 0 Å². The van der Waals surface area contributed by atoms with Crippen LogP contribution in [0.25, 0.3) is 0 Å². The van der Waals surface area contributed by atoms with Gasteiger partial charge >= 0.3 is 6.09 Å². The summed E-state index contributed by atoms with van der Waals surface area (Å²) in [6.45, 7) is 5.38. The minimum atomic E-state index is -0.963. The van der Waals surface area contributed by atoms with Gasteiger partial charge in [0.15, 0.2) is 0 Å². The molecular weight excluding hydrogens is 212 g/mol. The summed E-state index contributed by atoms with van der Waals surface area (Å²) in [4.78, 5) is 30.7. The molecule has 6 nitrogen and oxygen atoms in total. The second-order valence-corrected chi connectivity index (χ2v) is 3.45. The fourth-order valence-corrected chi connectivity index (χ4v) is 0.962. The van der Waals surface area contributed by atoms with Gasteiger partial charge in [-0.25, -0.2) is 4.79 Å². The first kappa shape index (κ1) is 14.2. The lowest BCUT2D eigenvalue weighted by atomic mass is 10.2. The van der Waals surface area contributed by atoms with Crippen LogP contribution >= 0.6 is 0 Å². The van der Waals surface area contributed by atoms with Gasteiger partial charge in [0.2, 0.25) is 0 Å². The summed E-state index contributed by atoms with van der Waals surface area (Å²) in [6.07, 6.45) is 0.995. The summed E-state index contributed by atoms with van der Waals surface area (Å²) in [7, 11) is 0. The van der Waals surface area contributed by atoms with Crippen LogP contribution in [0.5, 0.6) is 0 Å². The molecule has 0 radical (unpaired) electrons. The molecule has 1 aliphatic rings. The van der Waals surface area contributed by atoms with E-state index in [-0.39, 0.29) is 17.9 Å². The fourth-order valence-electron chi connectivity index (χ4n) is 0.962. The summed E-state index contributed by atoms with van der Waals surface area (Å²) in [6, 6.07) is 0.0255. The average Bonchev–Trinajstić information content (AvgIpc) is 2.43. The molecule has 0 fully saturated rings. The van der Waals surface area contributed by atoms with Crippen LogP contribution in [-0.4, -0.2) is 29.1 Å². The van der Waals surface area contributed by atoms with Crippen LogP contribution in [0, 0.1) is 0 Å². The monoisotopic (exact) mass is 228 g/mol. The zero-order valence-corrected chi connectivity index (χ0v) is 9.53. The predicted molar refractivity (Wildman–Crippen MR) is 57.8 cm³/mol. The molecule has 1 rings (SSSR count). The maximum atomic E-state index is 10.6. The van der Waals surface area contributed by atoms with E-state index in [1.165, 1.54) is 6.08 Å². The first-order valence-corrected chi connectivity index (χ1v) is 4.92. The van der Waals surface area contributed by atoms with Gasteiger partial charge in [0.1, 0.15) is 0 Å². The van der Waals surface area contributed by atoms with Gasteiger partial charge in [-0.2, -0.15) is 0 Å². The van der Waals surface area contributed by atoms with E-state index in [2.05, 4.69) is 10.6 Å². The van der Waals surface area contributed by atoms with Gasteiger partial charge in [-0.05, 0) is 20.3 Å². The summed E-state index contributed by atoms with van der Waals surface area (Å²) < 4.78 is 0. The van der Waals surface area contributed by atoms with E-state index in [0.717, 1.165) is 0 Å². The maximum Gasteiger partial charge on any atom is 0.404 e. The van der Waals surface area contributed by atoms with Crippen molar-refractivity contribution >= 4 is 17.9 Å². The number of hydrogen-bond acceptors (Lipinski definition) is 3. The Kier molecular flexibility index (Phi) is 5.84. The van der Waals surface area contributed by atoms with Crippen molar-refractivity contribution in [3.8, 4) is 0 Å². The standard InChI is InChI=1S/C6H7NO2.C4H9NO2/c1-2-4-3-5(8)7-6(4)9;1-3(2)5-4(6)7/h3H,2H2,1H3,(H,7,8,9);3,5H,1-2H3,(H,6,7). The largest absolute Gasteiger partial charge is 0.465 e. The molecule has 0 atom stereocenters. The van der Waals surface area contributed by atoms with Gasteiger partial charge in [-0.15, -0.1) is 0 Å². The molecule has 1 aliphatic heterocycles. The summed E-state index contributed by atoms with van der Waals surface area (Å²) >= 11 is 0. The highest BCUT2D eigenvalue weighted by atomic mass is 16.4. The molecule has 3 N–H and O–H groups in total. The Morgan fingerprint density at radius 3 is 2.19 bits per heavy atom. The first-order valence-electron chi connectivity index (χ1n) is 4.92. The van der Waals surface area contributed by atoms with Gasteiger partial charge in [-0.3, -0.25) is 14.9 Å². The van der Waals surface area contributed by atoms with Crippen molar-refractivity contribution < 1.29 is 19.5 Å². The fraction of sp³-hybridized carbons (Fsp3) is 0.500. The third-order valence-electron chi connectivity index (χ3n) is 1.63. The molecule has 0 spiro atoms. The lowest BCUT2D eigenvalue weighted by Crippen LogP contribution is -2.27. The lowest BCUT2D eigenvalue weighted by molar-refractivity contribution is -0.123. The molecule has 0 aromatic carbocycles. The number of amides is 3. The van der Waals surface area contributed by atoms with Crippen molar-refractivity contribution in [1.29, 1.82) is 0 Å². The molecule has 90 valence electrons. The van der Waals surface area contributed by atoms with Crippen LogP contribution in [-0.2, 0) is 9.59 Å². The van der Waals surface area contributed by atoms with Gasteiger partial charge < -0.3 is 10.4 Å². The number of rotatable bonds is 2. The molecule has 3 amide bonds. The molecule has 0 aromatic rings. The molecule has 1 heterocycles. The highest BCUT2D eigenvalue weighted by Crippen LogP contribution is 2.04. The SMILES string of the molecule is CC(C)NC(=O)O.CCC1=CC(=O)NC1=O. The molecule has 0 saturated heterocycles. The highest BCUT2D eigenvalue weighted by molar-refractivity contribution is 6.16. The highest BCUT2D eigenvalue weighted by Gasteiger charge is 2.17. The van der Waals surface area contributed by atoms with Crippen LogP contribution in [0.2, 0.25) is 0 Å². The second kappa shape index (κ2) is 6.60. The first-order chi connectivity index (χ1) is 7.36. The second-order valence-electron chi connectivity index (χ2n) is 3.45. The third-order valence-corrected chi connectivity index (χ3v) is 1.63. The molecule has 0 aromatic heterocycles. The number of carboxylic acid groups (broad SMARTS) is 1. The zero-order valence-electron chi connectivity index (χ0n) is 9.53. The van der Waals surface area contributed by atoms with Crippen molar-refractivity contribution in [1.82, 2.24) is 10.6 Å². The lowest BCUT2D eigenvalue weighted by Gasteiger charge is -2.00. The molecule has 0 bridgehead atoms. The Hall–Kier alpha value is -1.85. The maximum absolute atomic E-state index is 10.6. The molecule has 0 unspecified atom stereocenters. The Morgan fingerprint density at radius 1 is 1.50 bits per heavy atom. The van der Waals surface area contributed by atoms with E-state index < -0.39 is 6.09 Å². The number of carbonyl (C=O) groups is 3. The number of imide groups is 1. The summed E-state index contributed by atoms with van der Waals surface area (Å²) in [5.74, 6) is -0.542. The molecule has 0 aliphatic carbocycles. The minimum absolute atomic E-state index is 0.0255. The Bertz CT molecular complexity index is 321. The van der Waals surface area contributed by atoms with Crippen LogP contribution in [0.3, 0.4) is 0 Å². The van der Waals surface area contributed by atoms with E-state index in [1.54, 1.807) is 13.8 Å². The molecule has 16 heavy (non-hydrogen) atoms. The van der Waals surface area contributed by atoms with Crippen LogP contribution in [0.4, 0.5) is 4.79 Å². The molecule has 6 heteroatoms. The van der Waals surface area contributed by atoms with Gasteiger partial charge in [0.25, 0.3) is 11.8 Å². The van der Waals surface area contributed by atoms with Crippen molar-refractivity contribution in [2.24, 2.45) is 0 Å². The topological polar surface area (TPSA) is 95.5 Å². The normalized spacial score (nSPS) is 13.9. The summed E-state index contributed by atoms with van der Waals surface area (Å²) in [5.41, 5.74) is 0.569. The van der Waals surface area contributed by atoms with Crippen LogP contribution in [0.1, 0.15) is 27.2 Å². The quantitative estimate of drug-likeness (QED) is 0.604. The number of carbonyl (C=O) groups excluding carboxylic acids is 2. The number of hydrogen-bond donors (Lipinski definition) is 3. The van der Waals surface area contributed by atoms with E-state index in [4.69, 9.17) is 5.11 Å². The van der Waals surface area contributed by atoms with Gasteiger partial charge in [0.05, 0.1) is 0 Å². The molecule has 0 saturated carbocycles. The minimum Gasteiger partial charge on any atom is -0.465 e. The predicted octanol–water partition coefficient (Wildman–Crippen LogP) is 0.642. The Morgan fingerprint density at radius 2 is 2.06 bits per heavy atom. The zero-order chi connectivity index (χ0) is 12.7. The van der Waals surface area contributed by atoms with Crippen LogP contribution < -0.4 is 10.6 Å². The smallest absolute Gasteiger partial charge is 0.404 e. The van der Waals surface area contributed by atoms with E-state index in [9.17, 15) is 14.4 Å². The van der Waals surface area contributed by atoms with E-state index in [0.29, 0.717) is 12.0 Å². The van der Waals surface area contributed by atoms with Crippen molar-refractivity contribution in [2.45, 2.75) is 33.2 Å². The van der Waals surface area contributed by atoms with Crippen LogP contribution in [0.15, 0.2) is 11.6 Å². The Balaban J connectivity index is 0.000000293. The van der Waals surface area contributed by atoms with Gasteiger partial charge in [-0.1, -0.05) is 6.92 Å². The van der Waals surface area contributed by atoms with E-state index in [1.807, 2.05) is 6.92 Å². The molecular formula is C10H16N2O4. The summed E-state index contributed by atoms with van der Waals surface area (Å²) in [5, 5.41) is 12.3.